The first-order valence-corrected chi connectivity index (χ1v) is 9.06. The lowest BCUT2D eigenvalue weighted by atomic mass is 10.2. The van der Waals surface area contributed by atoms with Crippen molar-refractivity contribution in [2.24, 2.45) is 5.10 Å². The minimum Gasteiger partial charge on any atom is -0.455 e. The van der Waals surface area contributed by atoms with E-state index in [0.29, 0.717) is 34.7 Å². The van der Waals surface area contributed by atoms with Crippen LogP contribution in [-0.4, -0.2) is 37.3 Å². The fourth-order valence-electron chi connectivity index (χ4n) is 2.52. The van der Waals surface area contributed by atoms with Crippen LogP contribution in [0.3, 0.4) is 0 Å². The average Bonchev–Trinajstić information content (AvgIpc) is 3.34. The first kappa shape index (κ1) is 19.4. The van der Waals surface area contributed by atoms with Crippen molar-refractivity contribution < 1.29 is 18.7 Å². The van der Waals surface area contributed by atoms with Gasteiger partial charge in [0, 0.05) is 18.7 Å². The van der Waals surface area contributed by atoms with E-state index < -0.39 is 11.8 Å². The molecular formula is C18H17Cl2N3O4. The summed E-state index contributed by atoms with van der Waals surface area (Å²) in [4.78, 5) is 23.4. The minimum atomic E-state index is -0.861. The Morgan fingerprint density at radius 2 is 2.04 bits per heavy atom. The molecule has 0 unspecified atom stereocenters. The molecule has 1 saturated heterocycles. The van der Waals surface area contributed by atoms with Crippen LogP contribution in [0, 0.1) is 0 Å². The molecule has 0 bridgehead atoms. The van der Waals surface area contributed by atoms with Crippen molar-refractivity contribution in [1.29, 1.82) is 0 Å². The van der Waals surface area contributed by atoms with Crippen molar-refractivity contribution in [1.82, 2.24) is 10.7 Å². The molecule has 1 aliphatic heterocycles. The monoisotopic (exact) mass is 409 g/mol. The van der Waals surface area contributed by atoms with Crippen LogP contribution in [0.25, 0.3) is 11.3 Å². The van der Waals surface area contributed by atoms with Gasteiger partial charge in [0.2, 0.25) is 0 Å². The second kappa shape index (κ2) is 9.03. The first-order valence-electron chi connectivity index (χ1n) is 8.31. The van der Waals surface area contributed by atoms with E-state index in [2.05, 4.69) is 15.8 Å². The van der Waals surface area contributed by atoms with Crippen LogP contribution in [-0.2, 0) is 14.3 Å². The van der Waals surface area contributed by atoms with Crippen LogP contribution in [0.5, 0.6) is 0 Å². The molecular weight excluding hydrogens is 393 g/mol. The van der Waals surface area contributed by atoms with E-state index in [9.17, 15) is 9.59 Å². The second-order valence-corrected chi connectivity index (χ2v) is 6.69. The summed E-state index contributed by atoms with van der Waals surface area (Å²) in [6.07, 6.45) is 3.10. The average molecular weight is 410 g/mol. The van der Waals surface area contributed by atoms with Gasteiger partial charge in [-0.15, -0.1) is 0 Å². The highest BCUT2D eigenvalue weighted by atomic mass is 35.5. The maximum Gasteiger partial charge on any atom is 0.329 e. The number of carbonyl (C=O) groups is 2. The molecule has 1 aromatic heterocycles. The summed E-state index contributed by atoms with van der Waals surface area (Å²) in [5, 5.41) is 7.11. The van der Waals surface area contributed by atoms with E-state index in [4.69, 9.17) is 32.4 Å². The summed E-state index contributed by atoms with van der Waals surface area (Å²) < 4.78 is 11.0. The zero-order valence-electron chi connectivity index (χ0n) is 14.2. The Balaban J connectivity index is 1.50. The predicted octanol–water partition coefficient (Wildman–Crippen LogP) is 3.00. The Morgan fingerprint density at radius 3 is 2.78 bits per heavy atom. The largest absolute Gasteiger partial charge is 0.455 e. The quantitative estimate of drug-likeness (QED) is 0.450. The number of nitrogens with one attached hydrogen (secondary N) is 2. The summed E-state index contributed by atoms with van der Waals surface area (Å²) in [7, 11) is 0. The number of furan rings is 1. The van der Waals surface area contributed by atoms with Crippen molar-refractivity contribution in [2.75, 3.05) is 13.2 Å². The molecule has 1 aromatic carbocycles. The maximum absolute atomic E-state index is 11.7. The molecule has 2 heterocycles. The number of benzene rings is 1. The summed E-state index contributed by atoms with van der Waals surface area (Å²) in [6.45, 7) is 0.992. The van der Waals surface area contributed by atoms with E-state index in [1.54, 1.807) is 30.3 Å². The Kier molecular flexibility index (Phi) is 6.49. The molecule has 1 aliphatic rings. The molecule has 3 rings (SSSR count). The summed E-state index contributed by atoms with van der Waals surface area (Å²) >= 11 is 11.9. The maximum atomic E-state index is 11.7. The van der Waals surface area contributed by atoms with Crippen LogP contribution in [0.4, 0.5) is 0 Å². The third-order valence-corrected chi connectivity index (χ3v) is 4.65. The lowest BCUT2D eigenvalue weighted by Crippen LogP contribution is -2.41. The lowest BCUT2D eigenvalue weighted by molar-refractivity contribution is -0.139. The SMILES string of the molecule is O=C(NC[C@@H]1CCCO1)C(=O)N/N=C/c1ccc(-c2ccc(Cl)c(Cl)c2)o1. The van der Waals surface area contributed by atoms with Crippen molar-refractivity contribution >= 4 is 41.2 Å². The summed E-state index contributed by atoms with van der Waals surface area (Å²) in [5.74, 6) is -0.661. The Hall–Kier alpha value is -2.35. The molecule has 2 aromatic rings. The van der Waals surface area contributed by atoms with Crippen molar-refractivity contribution in [3.05, 3.63) is 46.1 Å². The molecule has 0 aliphatic carbocycles. The first-order chi connectivity index (χ1) is 13.0. The number of hydrazone groups is 1. The predicted molar refractivity (Wildman–Crippen MR) is 102 cm³/mol. The van der Waals surface area contributed by atoms with Crippen LogP contribution in [0.2, 0.25) is 10.0 Å². The molecule has 1 fully saturated rings. The molecule has 27 heavy (non-hydrogen) atoms. The number of hydrogen-bond acceptors (Lipinski definition) is 5. The molecule has 2 N–H and O–H groups in total. The highest BCUT2D eigenvalue weighted by Crippen LogP contribution is 2.29. The lowest BCUT2D eigenvalue weighted by Gasteiger charge is -2.09. The molecule has 1 atom stereocenters. The number of ether oxygens (including phenoxy) is 1. The number of halogens is 2. The fourth-order valence-corrected chi connectivity index (χ4v) is 2.82. The number of rotatable bonds is 5. The van der Waals surface area contributed by atoms with Gasteiger partial charge in [-0.05, 0) is 43.2 Å². The smallest absolute Gasteiger partial charge is 0.329 e. The molecule has 9 heteroatoms. The standard InChI is InChI=1S/C18H17Cl2N3O4/c19-14-5-3-11(8-15(14)20)16-6-4-13(27-16)10-22-23-18(25)17(24)21-9-12-2-1-7-26-12/h3-6,8,10,12H,1-2,7,9H2,(H,21,24)(H,23,25)/b22-10+/t12-/m0/s1. The van der Waals surface area contributed by atoms with Crippen molar-refractivity contribution in [3.63, 3.8) is 0 Å². The van der Waals surface area contributed by atoms with Crippen LogP contribution in [0.1, 0.15) is 18.6 Å². The third kappa shape index (κ3) is 5.32. The fraction of sp³-hybridized carbons (Fsp3) is 0.278. The van der Waals surface area contributed by atoms with Gasteiger partial charge in [0.25, 0.3) is 0 Å². The highest BCUT2D eigenvalue weighted by Gasteiger charge is 2.19. The zero-order chi connectivity index (χ0) is 19.2. The summed E-state index contributed by atoms with van der Waals surface area (Å²) in [5.41, 5.74) is 2.90. The molecule has 0 radical (unpaired) electrons. The van der Waals surface area contributed by atoms with Gasteiger partial charge in [-0.2, -0.15) is 5.10 Å². The number of nitrogens with zero attached hydrogens (tertiary/aromatic N) is 1. The van der Waals surface area contributed by atoms with Crippen molar-refractivity contribution in [2.45, 2.75) is 18.9 Å². The Morgan fingerprint density at radius 1 is 1.19 bits per heavy atom. The molecule has 7 nitrogen and oxygen atoms in total. The summed E-state index contributed by atoms with van der Waals surface area (Å²) in [6, 6.07) is 8.53. The Bertz CT molecular complexity index is 860. The number of carbonyl (C=O) groups excluding carboxylic acids is 2. The second-order valence-electron chi connectivity index (χ2n) is 5.88. The van der Waals surface area contributed by atoms with Gasteiger partial charge in [0.15, 0.2) is 0 Å². The van der Waals surface area contributed by atoms with Gasteiger partial charge in [0.05, 0.1) is 22.4 Å². The van der Waals surface area contributed by atoms with Crippen LogP contribution >= 0.6 is 23.2 Å². The normalized spacial score (nSPS) is 16.6. The van der Waals surface area contributed by atoms with Gasteiger partial charge in [-0.3, -0.25) is 9.59 Å². The van der Waals surface area contributed by atoms with E-state index in [1.807, 2.05) is 0 Å². The minimum absolute atomic E-state index is 0.0341. The van der Waals surface area contributed by atoms with Gasteiger partial charge >= 0.3 is 11.8 Å². The highest BCUT2D eigenvalue weighted by molar-refractivity contribution is 6.42. The zero-order valence-corrected chi connectivity index (χ0v) is 15.7. The molecule has 2 amide bonds. The molecule has 0 spiro atoms. The van der Waals surface area contributed by atoms with Gasteiger partial charge in [-0.25, -0.2) is 5.43 Å². The molecule has 142 valence electrons. The van der Waals surface area contributed by atoms with E-state index in [1.165, 1.54) is 6.21 Å². The Labute approximate surface area is 165 Å². The van der Waals surface area contributed by atoms with Crippen molar-refractivity contribution in [3.8, 4) is 11.3 Å². The van der Waals surface area contributed by atoms with E-state index >= 15 is 0 Å². The molecule has 0 saturated carbocycles. The van der Waals surface area contributed by atoms with Gasteiger partial charge in [0.1, 0.15) is 11.5 Å². The van der Waals surface area contributed by atoms with Crippen LogP contribution in [0.15, 0.2) is 39.9 Å². The third-order valence-electron chi connectivity index (χ3n) is 3.91. The number of amides is 2. The number of hydrogen-bond donors (Lipinski definition) is 2. The topological polar surface area (TPSA) is 92.9 Å². The van der Waals surface area contributed by atoms with E-state index in [-0.39, 0.29) is 6.10 Å². The van der Waals surface area contributed by atoms with E-state index in [0.717, 1.165) is 18.4 Å². The van der Waals surface area contributed by atoms with Crippen LogP contribution < -0.4 is 10.7 Å². The van der Waals surface area contributed by atoms with Gasteiger partial charge in [-0.1, -0.05) is 23.2 Å². The van der Waals surface area contributed by atoms with Gasteiger partial charge < -0.3 is 14.5 Å².